The Morgan fingerprint density at radius 2 is 2.22 bits per heavy atom. The van der Waals surface area contributed by atoms with E-state index in [-0.39, 0.29) is 24.2 Å². The van der Waals surface area contributed by atoms with Gasteiger partial charge in [0.15, 0.2) is 5.69 Å². The number of carboxylic acid groups (broad SMARTS) is 1. The zero-order valence-corrected chi connectivity index (χ0v) is 12.8. The molecule has 1 fully saturated rings. The van der Waals surface area contributed by atoms with Crippen LogP contribution in [0.25, 0.3) is 0 Å². The molecule has 1 aromatic heterocycles. The highest BCUT2D eigenvalue weighted by molar-refractivity contribution is 5.84. The molecule has 2 heterocycles. The smallest absolute Gasteiger partial charge is 0.358 e. The Morgan fingerprint density at radius 1 is 1.39 bits per heavy atom. The van der Waals surface area contributed by atoms with Gasteiger partial charge in [-0.1, -0.05) is 35.0 Å². The van der Waals surface area contributed by atoms with Gasteiger partial charge in [0.1, 0.15) is 6.54 Å². The second-order valence-corrected chi connectivity index (χ2v) is 5.77. The van der Waals surface area contributed by atoms with Crippen LogP contribution in [0, 0.1) is 6.92 Å². The number of nitrogens with zero attached hydrogens (tertiary/aromatic N) is 4. The maximum Gasteiger partial charge on any atom is 0.358 e. The number of benzene rings is 1. The number of carbonyl (C=O) groups is 2. The summed E-state index contributed by atoms with van der Waals surface area (Å²) in [5, 5.41) is 16.1. The Labute approximate surface area is 133 Å². The second-order valence-electron chi connectivity index (χ2n) is 5.77. The molecule has 120 valence electrons. The van der Waals surface area contributed by atoms with Gasteiger partial charge in [-0.2, -0.15) is 0 Å². The van der Waals surface area contributed by atoms with Gasteiger partial charge in [0.05, 0.1) is 12.2 Å². The minimum Gasteiger partial charge on any atom is -0.476 e. The number of aryl methyl sites for hydroxylation is 1. The van der Waals surface area contributed by atoms with Crippen LogP contribution in [0.15, 0.2) is 30.5 Å². The summed E-state index contributed by atoms with van der Waals surface area (Å²) in [4.78, 5) is 25.2. The van der Waals surface area contributed by atoms with Gasteiger partial charge in [-0.15, -0.1) is 5.10 Å². The van der Waals surface area contributed by atoms with Crippen molar-refractivity contribution in [2.24, 2.45) is 0 Å². The van der Waals surface area contributed by atoms with Crippen LogP contribution in [0.2, 0.25) is 0 Å². The number of aromatic nitrogens is 3. The van der Waals surface area contributed by atoms with E-state index in [1.807, 2.05) is 30.0 Å². The minimum absolute atomic E-state index is 0.00258. The first-order chi connectivity index (χ1) is 11.0. The van der Waals surface area contributed by atoms with Crippen LogP contribution in [0.4, 0.5) is 0 Å². The first-order valence-electron chi connectivity index (χ1n) is 7.54. The number of aromatic carboxylic acids is 1. The number of carboxylic acids is 1. The molecule has 1 aromatic carbocycles. The van der Waals surface area contributed by atoms with Gasteiger partial charge in [-0.25, -0.2) is 9.48 Å². The van der Waals surface area contributed by atoms with Crippen LogP contribution < -0.4 is 0 Å². The van der Waals surface area contributed by atoms with Crippen LogP contribution >= 0.6 is 0 Å². The molecule has 1 aliphatic heterocycles. The first-order valence-corrected chi connectivity index (χ1v) is 7.54. The summed E-state index contributed by atoms with van der Waals surface area (Å²) < 4.78 is 1.28. The number of carbonyl (C=O) groups excluding carboxylic acids is 1. The lowest BCUT2D eigenvalue weighted by molar-refractivity contribution is -0.133. The molecule has 7 nitrogen and oxygen atoms in total. The van der Waals surface area contributed by atoms with E-state index >= 15 is 0 Å². The van der Waals surface area contributed by atoms with Crippen LogP contribution in [0.3, 0.4) is 0 Å². The summed E-state index contributed by atoms with van der Waals surface area (Å²) in [6, 6.07) is 8.26. The SMILES string of the molecule is Cc1cccc(C2CCCN2C(=O)Cn2cc(C(=O)O)nn2)c1. The molecule has 1 aliphatic rings. The molecule has 7 heteroatoms. The molecule has 0 spiro atoms. The van der Waals surface area contributed by atoms with Crippen LogP contribution in [-0.4, -0.2) is 43.4 Å². The largest absolute Gasteiger partial charge is 0.476 e. The summed E-state index contributed by atoms with van der Waals surface area (Å²) in [5.41, 5.74) is 2.15. The number of amides is 1. The molecule has 1 unspecified atom stereocenters. The molecular weight excluding hydrogens is 296 g/mol. The van der Waals surface area contributed by atoms with E-state index in [2.05, 4.69) is 16.4 Å². The third kappa shape index (κ3) is 3.23. The van der Waals surface area contributed by atoms with Crippen molar-refractivity contribution in [2.75, 3.05) is 6.54 Å². The number of hydrogen-bond acceptors (Lipinski definition) is 4. The monoisotopic (exact) mass is 314 g/mol. The Hall–Kier alpha value is -2.70. The zero-order chi connectivity index (χ0) is 16.4. The molecular formula is C16H18N4O3. The Bertz CT molecular complexity index is 740. The fourth-order valence-electron chi connectivity index (χ4n) is 2.99. The first kappa shape index (κ1) is 15.2. The molecule has 0 radical (unpaired) electrons. The average molecular weight is 314 g/mol. The van der Waals surface area contributed by atoms with E-state index in [1.165, 1.54) is 16.4 Å². The Morgan fingerprint density at radius 3 is 2.91 bits per heavy atom. The molecule has 1 amide bonds. The number of rotatable bonds is 4. The van der Waals surface area contributed by atoms with Crippen LogP contribution in [0.1, 0.15) is 40.5 Å². The number of likely N-dealkylation sites (tertiary alicyclic amines) is 1. The third-order valence-corrected chi connectivity index (χ3v) is 4.06. The van der Waals surface area contributed by atoms with Crippen molar-refractivity contribution in [1.29, 1.82) is 0 Å². The van der Waals surface area contributed by atoms with Crippen molar-refractivity contribution >= 4 is 11.9 Å². The van der Waals surface area contributed by atoms with Gasteiger partial charge in [0.2, 0.25) is 5.91 Å². The standard InChI is InChI=1S/C16H18N4O3/c1-11-4-2-5-12(8-11)14-6-3-7-20(14)15(21)10-19-9-13(16(22)23)17-18-19/h2,4-5,8-9,14H,3,6-7,10H2,1H3,(H,22,23). The van der Waals surface area contributed by atoms with Crippen molar-refractivity contribution in [2.45, 2.75) is 32.4 Å². The van der Waals surface area contributed by atoms with Crippen molar-refractivity contribution in [1.82, 2.24) is 19.9 Å². The molecule has 2 aromatic rings. The van der Waals surface area contributed by atoms with E-state index < -0.39 is 5.97 Å². The van der Waals surface area contributed by atoms with Gasteiger partial charge in [-0.3, -0.25) is 4.79 Å². The van der Waals surface area contributed by atoms with E-state index in [0.717, 1.165) is 18.4 Å². The Balaban J connectivity index is 1.74. The van der Waals surface area contributed by atoms with Crippen LogP contribution in [0.5, 0.6) is 0 Å². The van der Waals surface area contributed by atoms with Gasteiger partial charge in [0, 0.05) is 6.54 Å². The van der Waals surface area contributed by atoms with Crippen molar-refractivity contribution in [3.8, 4) is 0 Å². The van der Waals surface area contributed by atoms with Gasteiger partial charge >= 0.3 is 5.97 Å². The predicted molar refractivity (Wildman–Crippen MR) is 81.8 cm³/mol. The topological polar surface area (TPSA) is 88.3 Å². The van der Waals surface area contributed by atoms with E-state index in [0.29, 0.717) is 6.54 Å². The highest BCUT2D eigenvalue weighted by atomic mass is 16.4. The molecule has 0 aliphatic carbocycles. The van der Waals surface area contributed by atoms with Crippen LogP contribution in [-0.2, 0) is 11.3 Å². The maximum atomic E-state index is 12.6. The summed E-state index contributed by atoms with van der Waals surface area (Å²) >= 11 is 0. The molecule has 1 N–H and O–H groups in total. The molecule has 3 rings (SSSR count). The normalized spacial score (nSPS) is 17.4. The van der Waals surface area contributed by atoms with E-state index in [4.69, 9.17) is 5.11 Å². The highest BCUT2D eigenvalue weighted by Crippen LogP contribution is 2.32. The van der Waals surface area contributed by atoms with Crippen molar-refractivity contribution in [3.05, 3.63) is 47.3 Å². The third-order valence-electron chi connectivity index (χ3n) is 4.06. The fraction of sp³-hybridized carbons (Fsp3) is 0.375. The zero-order valence-electron chi connectivity index (χ0n) is 12.8. The quantitative estimate of drug-likeness (QED) is 0.927. The molecule has 0 saturated carbocycles. The van der Waals surface area contributed by atoms with Gasteiger partial charge in [-0.05, 0) is 25.3 Å². The molecule has 1 atom stereocenters. The maximum absolute atomic E-state index is 12.6. The van der Waals surface area contributed by atoms with Crippen molar-refractivity contribution in [3.63, 3.8) is 0 Å². The average Bonchev–Trinajstić information content (AvgIpc) is 3.16. The molecule has 0 bridgehead atoms. The van der Waals surface area contributed by atoms with Crippen molar-refractivity contribution < 1.29 is 14.7 Å². The molecule has 1 saturated heterocycles. The predicted octanol–water partition coefficient (Wildman–Crippen LogP) is 1.65. The minimum atomic E-state index is -1.15. The number of hydrogen-bond donors (Lipinski definition) is 1. The van der Waals surface area contributed by atoms with Gasteiger partial charge in [0.25, 0.3) is 0 Å². The van der Waals surface area contributed by atoms with Gasteiger partial charge < -0.3 is 10.0 Å². The summed E-state index contributed by atoms with van der Waals surface area (Å²) in [6.07, 6.45) is 3.17. The molecule has 23 heavy (non-hydrogen) atoms. The lowest BCUT2D eigenvalue weighted by Gasteiger charge is -2.25. The summed E-state index contributed by atoms with van der Waals surface area (Å²) in [7, 11) is 0. The van der Waals surface area contributed by atoms with E-state index in [1.54, 1.807) is 0 Å². The lowest BCUT2D eigenvalue weighted by atomic mass is 10.0. The summed E-state index contributed by atoms with van der Waals surface area (Å²) in [5.74, 6) is -1.22. The summed E-state index contributed by atoms with van der Waals surface area (Å²) in [6.45, 7) is 2.74. The van der Waals surface area contributed by atoms with E-state index in [9.17, 15) is 9.59 Å². The fourth-order valence-corrected chi connectivity index (χ4v) is 2.99. The highest BCUT2D eigenvalue weighted by Gasteiger charge is 2.30. The second kappa shape index (κ2) is 6.20. The lowest BCUT2D eigenvalue weighted by Crippen LogP contribution is -2.33. The Kier molecular flexibility index (Phi) is 4.10.